The Balaban J connectivity index is 1.77. The molecule has 1 heterocycles. The lowest BCUT2D eigenvalue weighted by atomic mass is 9.92. The molecule has 1 amide bonds. The van der Waals surface area contributed by atoms with Gasteiger partial charge in [-0.15, -0.1) is 10.2 Å². The molecule has 0 radical (unpaired) electrons. The SMILES string of the molecule is COc1ccccc1-n1cnnc1SCC(=O)Nc1c(C(C)C)cccc1C(C)C. The fourth-order valence-corrected chi connectivity index (χ4v) is 4.04. The molecule has 3 aromatic rings. The molecule has 0 atom stereocenters. The summed E-state index contributed by atoms with van der Waals surface area (Å²) in [5.41, 5.74) is 4.06. The summed E-state index contributed by atoms with van der Waals surface area (Å²) in [6.07, 6.45) is 1.63. The number of methoxy groups -OCH3 is 1. The molecule has 1 N–H and O–H groups in total. The van der Waals surface area contributed by atoms with E-state index in [1.807, 2.05) is 28.8 Å². The molecule has 0 saturated heterocycles. The fourth-order valence-electron chi connectivity index (χ4n) is 3.32. The second-order valence-electron chi connectivity index (χ2n) is 7.61. The van der Waals surface area contributed by atoms with E-state index in [1.165, 1.54) is 11.8 Å². The Morgan fingerprint density at radius 2 is 1.73 bits per heavy atom. The zero-order valence-electron chi connectivity index (χ0n) is 18.0. The van der Waals surface area contributed by atoms with Crippen LogP contribution in [0.3, 0.4) is 0 Å². The molecule has 0 aliphatic rings. The summed E-state index contributed by atoms with van der Waals surface area (Å²) in [4.78, 5) is 12.8. The van der Waals surface area contributed by atoms with Crippen molar-refractivity contribution in [2.45, 2.75) is 44.7 Å². The van der Waals surface area contributed by atoms with Gasteiger partial charge in [-0.25, -0.2) is 0 Å². The number of hydrogen-bond donors (Lipinski definition) is 1. The number of anilines is 1. The molecule has 1 aromatic heterocycles. The van der Waals surface area contributed by atoms with E-state index >= 15 is 0 Å². The summed E-state index contributed by atoms with van der Waals surface area (Å²) in [6, 6.07) is 13.9. The third-order valence-electron chi connectivity index (χ3n) is 4.83. The van der Waals surface area contributed by atoms with E-state index in [4.69, 9.17) is 4.74 Å². The summed E-state index contributed by atoms with van der Waals surface area (Å²) in [7, 11) is 1.63. The molecule has 30 heavy (non-hydrogen) atoms. The van der Waals surface area contributed by atoms with Crippen LogP contribution < -0.4 is 10.1 Å². The number of para-hydroxylation sites is 3. The summed E-state index contributed by atoms with van der Waals surface area (Å²) >= 11 is 1.35. The van der Waals surface area contributed by atoms with Crippen molar-refractivity contribution >= 4 is 23.4 Å². The van der Waals surface area contributed by atoms with Gasteiger partial charge in [0.05, 0.1) is 18.6 Å². The van der Waals surface area contributed by atoms with Gasteiger partial charge in [-0.1, -0.05) is 69.8 Å². The van der Waals surface area contributed by atoms with Crippen molar-refractivity contribution in [2.75, 3.05) is 18.2 Å². The van der Waals surface area contributed by atoms with Gasteiger partial charge in [0, 0.05) is 5.69 Å². The molecule has 0 fully saturated rings. The third-order valence-corrected chi connectivity index (χ3v) is 5.77. The van der Waals surface area contributed by atoms with Crippen molar-refractivity contribution in [2.24, 2.45) is 0 Å². The van der Waals surface area contributed by atoms with Gasteiger partial charge in [-0.3, -0.25) is 9.36 Å². The Kier molecular flexibility index (Phi) is 7.15. The van der Waals surface area contributed by atoms with E-state index in [0.29, 0.717) is 17.0 Å². The Labute approximate surface area is 182 Å². The highest BCUT2D eigenvalue weighted by Gasteiger charge is 2.17. The topological polar surface area (TPSA) is 69.0 Å². The molecule has 0 saturated carbocycles. The Morgan fingerprint density at radius 3 is 2.37 bits per heavy atom. The number of rotatable bonds is 8. The van der Waals surface area contributed by atoms with E-state index in [-0.39, 0.29) is 11.7 Å². The normalized spacial score (nSPS) is 11.2. The molecule has 0 bridgehead atoms. The first kappa shape index (κ1) is 21.9. The van der Waals surface area contributed by atoms with E-state index in [1.54, 1.807) is 13.4 Å². The van der Waals surface area contributed by atoms with Crippen LogP contribution in [0.2, 0.25) is 0 Å². The molecule has 158 valence electrons. The smallest absolute Gasteiger partial charge is 0.234 e. The lowest BCUT2D eigenvalue weighted by Gasteiger charge is -2.20. The number of benzene rings is 2. The highest BCUT2D eigenvalue weighted by molar-refractivity contribution is 7.99. The van der Waals surface area contributed by atoms with Crippen LogP contribution in [0.15, 0.2) is 53.9 Å². The Hall–Kier alpha value is -2.80. The summed E-state index contributed by atoms with van der Waals surface area (Å²) in [5, 5.41) is 12.0. The minimum atomic E-state index is -0.0652. The van der Waals surface area contributed by atoms with E-state index in [2.05, 4.69) is 61.4 Å². The first-order valence-corrected chi connectivity index (χ1v) is 11.0. The lowest BCUT2D eigenvalue weighted by molar-refractivity contribution is -0.113. The van der Waals surface area contributed by atoms with Gasteiger partial charge in [0.15, 0.2) is 5.16 Å². The van der Waals surface area contributed by atoms with E-state index < -0.39 is 0 Å². The average molecular weight is 425 g/mol. The van der Waals surface area contributed by atoms with Crippen LogP contribution in [-0.2, 0) is 4.79 Å². The molecule has 7 heteroatoms. The summed E-state index contributed by atoms with van der Waals surface area (Å²) in [6.45, 7) is 8.55. The standard InChI is InChI=1S/C23H28N4O2S/c1-15(2)17-9-8-10-18(16(3)4)22(17)25-21(28)13-30-23-26-24-14-27(23)19-11-6-7-12-20(19)29-5/h6-12,14-16H,13H2,1-5H3,(H,25,28). The fraction of sp³-hybridized carbons (Fsp3) is 0.348. The van der Waals surface area contributed by atoms with Gasteiger partial charge in [0.25, 0.3) is 0 Å². The van der Waals surface area contributed by atoms with Crippen LogP contribution in [0, 0.1) is 0 Å². The van der Waals surface area contributed by atoms with Crippen molar-refractivity contribution in [1.82, 2.24) is 14.8 Å². The second kappa shape index (κ2) is 9.80. The van der Waals surface area contributed by atoms with Crippen molar-refractivity contribution in [3.8, 4) is 11.4 Å². The number of nitrogens with zero attached hydrogens (tertiary/aromatic N) is 3. The maximum atomic E-state index is 12.8. The van der Waals surface area contributed by atoms with Gasteiger partial charge in [0.1, 0.15) is 12.1 Å². The predicted molar refractivity (Wildman–Crippen MR) is 122 cm³/mol. The maximum Gasteiger partial charge on any atom is 0.234 e. The molecule has 0 unspecified atom stereocenters. The predicted octanol–water partition coefficient (Wildman–Crippen LogP) is 5.25. The monoisotopic (exact) mass is 424 g/mol. The van der Waals surface area contributed by atoms with Gasteiger partial charge in [0.2, 0.25) is 5.91 Å². The molecule has 0 aliphatic heterocycles. The van der Waals surface area contributed by atoms with Crippen LogP contribution in [0.1, 0.15) is 50.7 Å². The number of thioether (sulfide) groups is 1. The third kappa shape index (κ3) is 4.84. The van der Waals surface area contributed by atoms with E-state index in [9.17, 15) is 4.79 Å². The van der Waals surface area contributed by atoms with Crippen LogP contribution in [-0.4, -0.2) is 33.5 Å². The number of hydrogen-bond acceptors (Lipinski definition) is 5. The van der Waals surface area contributed by atoms with Crippen LogP contribution in [0.25, 0.3) is 5.69 Å². The lowest BCUT2D eigenvalue weighted by Crippen LogP contribution is -2.18. The van der Waals surface area contributed by atoms with Crippen molar-refractivity contribution in [1.29, 1.82) is 0 Å². The van der Waals surface area contributed by atoms with Gasteiger partial charge in [-0.05, 0) is 35.1 Å². The molecule has 2 aromatic carbocycles. The van der Waals surface area contributed by atoms with Crippen LogP contribution >= 0.6 is 11.8 Å². The number of nitrogens with one attached hydrogen (secondary N) is 1. The minimum Gasteiger partial charge on any atom is -0.495 e. The molecular weight excluding hydrogens is 396 g/mol. The summed E-state index contributed by atoms with van der Waals surface area (Å²) in [5.74, 6) is 1.53. The number of aromatic nitrogens is 3. The average Bonchev–Trinajstić information content (AvgIpc) is 3.20. The molecular formula is C23H28N4O2S. The first-order chi connectivity index (χ1) is 14.4. The number of carbonyl (C=O) groups excluding carboxylic acids is 1. The number of carbonyl (C=O) groups is 1. The van der Waals surface area contributed by atoms with Gasteiger partial charge in [-0.2, -0.15) is 0 Å². The quantitative estimate of drug-likeness (QED) is 0.500. The van der Waals surface area contributed by atoms with Crippen molar-refractivity contribution in [3.63, 3.8) is 0 Å². The number of ether oxygens (including phenoxy) is 1. The van der Waals surface area contributed by atoms with Crippen LogP contribution in [0.5, 0.6) is 5.75 Å². The van der Waals surface area contributed by atoms with Crippen molar-refractivity contribution in [3.05, 3.63) is 59.9 Å². The molecule has 6 nitrogen and oxygen atoms in total. The molecule has 0 spiro atoms. The maximum absolute atomic E-state index is 12.8. The van der Waals surface area contributed by atoms with Crippen LogP contribution in [0.4, 0.5) is 5.69 Å². The highest BCUT2D eigenvalue weighted by Crippen LogP contribution is 2.33. The van der Waals surface area contributed by atoms with Gasteiger partial charge < -0.3 is 10.1 Å². The molecule has 3 rings (SSSR count). The highest BCUT2D eigenvalue weighted by atomic mass is 32.2. The second-order valence-corrected chi connectivity index (χ2v) is 8.56. The summed E-state index contributed by atoms with van der Waals surface area (Å²) < 4.78 is 7.27. The minimum absolute atomic E-state index is 0.0652. The Bertz CT molecular complexity index is 988. The van der Waals surface area contributed by atoms with E-state index in [0.717, 1.165) is 28.3 Å². The zero-order valence-corrected chi connectivity index (χ0v) is 18.9. The zero-order chi connectivity index (χ0) is 21.7. The Morgan fingerprint density at radius 1 is 1.07 bits per heavy atom. The number of amides is 1. The van der Waals surface area contributed by atoms with Crippen molar-refractivity contribution < 1.29 is 9.53 Å². The first-order valence-electron chi connectivity index (χ1n) is 10.0. The largest absolute Gasteiger partial charge is 0.495 e. The van der Waals surface area contributed by atoms with Gasteiger partial charge >= 0.3 is 0 Å². The molecule has 0 aliphatic carbocycles.